The molecule has 0 aliphatic carbocycles. The first kappa shape index (κ1) is 6.29. The van der Waals surface area contributed by atoms with E-state index in [9.17, 15) is 0 Å². The second-order valence-electron chi connectivity index (χ2n) is 2.05. The molecule has 0 spiro atoms. The van der Waals surface area contributed by atoms with E-state index in [1.807, 2.05) is 13.0 Å². The summed E-state index contributed by atoms with van der Waals surface area (Å²) in [6.45, 7) is 2.61. The summed E-state index contributed by atoms with van der Waals surface area (Å²) >= 11 is 0. The minimum atomic E-state index is 0.285. The second-order valence-corrected chi connectivity index (χ2v) is 2.05. The average molecular weight is 126 g/mol. The highest BCUT2D eigenvalue weighted by Gasteiger charge is 2.04. The molecule has 9 heavy (non-hydrogen) atoms. The van der Waals surface area contributed by atoms with Crippen molar-refractivity contribution < 1.29 is 4.52 Å². The first-order valence-corrected chi connectivity index (χ1v) is 2.95. The van der Waals surface area contributed by atoms with Gasteiger partial charge in [-0.3, -0.25) is 0 Å². The molecule has 1 heterocycles. The van der Waals surface area contributed by atoms with Crippen LogP contribution in [0.25, 0.3) is 0 Å². The molecule has 1 atom stereocenters. The van der Waals surface area contributed by atoms with E-state index >= 15 is 0 Å². The summed E-state index contributed by atoms with van der Waals surface area (Å²) in [5.74, 6) is 1.14. The molecule has 1 unspecified atom stereocenters. The lowest BCUT2D eigenvalue weighted by Gasteiger charge is -1.99. The van der Waals surface area contributed by atoms with Gasteiger partial charge in [-0.15, -0.1) is 0 Å². The maximum atomic E-state index is 5.38. The quantitative estimate of drug-likeness (QED) is 0.635. The number of hydrogen-bond acceptors (Lipinski definition) is 3. The van der Waals surface area contributed by atoms with Crippen LogP contribution in [0.2, 0.25) is 0 Å². The number of nitrogens with two attached hydrogens (primary N) is 1. The van der Waals surface area contributed by atoms with Crippen LogP contribution in [0.3, 0.4) is 0 Å². The minimum absolute atomic E-state index is 0.285. The molecule has 3 nitrogen and oxygen atoms in total. The summed E-state index contributed by atoms with van der Waals surface area (Å²) in [6, 6.07) is 1.83. The van der Waals surface area contributed by atoms with Crippen LogP contribution in [0.5, 0.6) is 0 Å². The first-order chi connectivity index (χ1) is 4.34. The van der Waals surface area contributed by atoms with Crippen molar-refractivity contribution in [2.45, 2.75) is 12.8 Å². The van der Waals surface area contributed by atoms with Gasteiger partial charge in [-0.1, -0.05) is 12.1 Å². The summed E-state index contributed by atoms with van der Waals surface area (Å²) in [6.07, 6.45) is 1.63. The van der Waals surface area contributed by atoms with Crippen LogP contribution in [0.15, 0.2) is 16.8 Å². The predicted octanol–water partition coefficient (Wildman–Crippen LogP) is 0.737. The Kier molecular flexibility index (Phi) is 1.85. The average Bonchev–Trinajstić information content (AvgIpc) is 2.37. The molecule has 0 aromatic carbocycles. The fourth-order valence-corrected chi connectivity index (χ4v) is 0.596. The minimum Gasteiger partial charge on any atom is -0.361 e. The Bertz CT molecular complexity index is 160. The van der Waals surface area contributed by atoms with Crippen LogP contribution < -0.4 is 5.73 Å². The summed E-state index contributed by atoms with van der Waals surface area (Å²) < 4.78 is 4.86. The van der Waals surface area contributed by atoms with E-state index in [1.54, 1.807) is 6.20 Å². The fraction of sp³-hybridized carbons (Fsp3) is 0.500. The van der Waals surface area contributed by atoms with Crippen molar-refractivity contribution in [3.63, 3.8) is 0 Å². The van der Waals surface area contributed by atoms with Crippen LogP contribution in [0, 0.1) is 0 Å². The molecule has 0 saturated heterocycles. The molecule has 50 valence electrons. The summed E-state index contributed by atoms with van der Waals surface area (Å²) in [5, 5.41) is 3.56. The van der Waals surface area contributed by atoms with Gasteiger partial charge in [-0.2, -0.15) is 0 Å². The molecule has 0 aliphatic heterocycles. The zero-order valence-corrected chi connectivity index (χ0v) is 5.37. The van der Waals surface area contributed by atoms with E-state index in [0.717, 1.165) is 5.76 Å². The Morgan fingerprint density at radius 2 is 2.67 bits per heavy atom. The van der Waals surface area contributed by atoms with Gasteiger partial charge in [0.1, 0.15) is 5.76 Å². The van der Waals surface area contributed by atoms with E-state index in [-0.39, 0.29) is 5.92 Å². The second kappa shape index (κ2) is 2.64. The number of aromatic nitrogens is 1. The fourth-order valence-electron chi connectivity index (χ4n) is 0.596. The lowest BCUT2D eigenvalue weighted by molar-refractivity contribution is 0.367. The third-order valence-corrected chi connectivity index (χ3v) is 1.30. The Morgan fingerprint density at radius 1 is 1.89 bits per heavy atom. The van der Waals surface area contributed by atoms with Crippen LogP contribution >= 0.6 is 0 Å². The molecule has 1 aromatic rings. The predicted molar refractivity (Wildman–Crippen MR) is 34.0 cm³/mol. The molecule has 0 fully saturated rings. The highest BCUT2D eigenvalue weighted by molar-refractivity contribution is 4.99. The first-order valence-electron chi connectivity index (χ1n) is 2.95. The molecule has 0 saturated carbocycles. The van der Waals surface area contributed by atoms with Gasteiger partial charge in [0.15, 0.2) is 0 Å². The molecule has 1 rings (SSSR count). The Morgan fingerprint density at radius 3 is 3.11 bits per heavy atom. The van der Waals surface area contributed by atoms with Crippen molar-refractivity contribution in [3.05, 3.63) is 18.0 Å². The lowest BCUT2D eigenvalue weighted by Crippen LogP contribution is -2.07. The van der Waals surface area contributed by atoms with Gasteiger partial charge in [0.25, 0.3) is 0 Å². The van der Waals surface area contributed by atoms with E-state index in [1.165, 1.54) is 0 Å². The number of rotatable bonds is 2. The van der Waals surface area contributed by atoms with Gasteiger partial charge in [-0.25, -0.2) is 0 Å². The van der Waals surface area contributed by atoms with Gasteiger partial charge in [0.2, 0.25) is 0 Å². The SMILES string of the molecule is CC(CN)c1ccno1. The molecule has 1 aromatic heterocycles. The number of nitrogens with zero attached hydrogens (tertiary/aromatic N) is 1. The zero-order valence-electron chi connectivity index (χ0n) is 5.37. The van der Waals surface area contributed by atoms with Gasteiger partial charge in [-0.05, 0) is 0 Å². The largest absolute Gasteiger partial charge is 0.361 e. The van der Waals surface area contributed by atoms with Crippen LogP contribution in [-0.2, 0) is 0 Å². The van der Waals surface area contributed by atoms with Gasteiger partial charge < -0.3 is 10.3 Å². The third kappa shape index (κ3) is 1.29. The van der Waals surface area contributed by atoms with E-state index in [2.05, 4.69) is 5.16 Å². The molecule has 0 bridgehead atoms. The smallest absolute Gasteiger partial charge is 0.140 e. The van der Waals surface area contributed by atoms with Crippen molar-refractivity contribution in [3.8, 4) is 0 Å². The van der Waals surface area contributed by atoms with Crippen molar-refractivity contribution in [1.82, 2.24) is 5.16 Å². The van der Waals surface area contributed by atoms with Gasteiger partial charge >= 0.3 is 0 Å². The topological polar surface area (TPSA) is 52.0 Å². The molecule has 0 amide bonds. The van der Waals surface area contributed by atoms with Crippen LogP contribution in [0.1, 0.15) is 18.6 Å². The van der Waals surface area contributed by atoms with E-state index in [4.69, 9.17) is 10.3 Å². The van der Waals surface area contributed by atoms with Gasteiger partial charge in [0.05, 0.1) is 6.20 Å². The third-order valence-electron chi connectivity index (χ3n) is 1.30. The maximum absolute atomic E-state index is 5.38. The molecular formula is C6H10N2O. The summed E-state index contributed by atoms with van der Waals surface area (Å²) in [7, 11) is 0. The zero-order chi connectivity index (χ0) is 6.69. The van der Waals surface area contributed by atoms with Crippen molar-refractivity contribution in [1.29, 1.82) is 0 Å². The summed E-state index contributed by atoms with van der Waals surface area (Å²) in [5.41, 5.74) is 5.38. The van der Waals surface area contributed by atoms with Crippen molar-refractivity contribution >= 4 is 0 Å². The summed E-state index contributed by atoms with van der Waals surface area (Å²) in [4.78, 5) is 0. The molecule has 0 aliphatic rings. The van der Waals surface area contributed by atoms with Crippen LogP contribution in [0.4, 0.5) is 0 Å². The molecule has 3 heteroatoms. The monoisotopic (exact) mass is 126 g/mol. The Labute approximate surface area is 53.8 Å². The van der Waals surface area contributed by atoms with Crippen molar-refractivity contribution in [2.24, 2.45) is 5.73 Å². The van der Waals surface area contributed by atoms with Crippen molar-refractivity contribution in [2.75, 3.05) is 6.54 Å². The highest BCUT2D eigenvalue weighted by Crippen LogP contribution is 2.10. The molecular weight excluding hydrogens is 116 g/mol. The molecule has 0 radical (unpaired) electrons. The van der Waals surface area contributed by atoms with Gasteiger partial charge in [0, 0.05) is 18.5 Å². The Hall–Kier alpha value is -0.830. The normalized spacial score (nSPS) is 13.6. The van der Waals surface area contributed by atoms with E-state index in [0.29, 0.717) is 6.54 Å². The highest BCUT2D eigenvalue weighted by atomic mass is 16.5. The standard InChI is InChI=1S/C6H10N2O/c1-5(4-7)6-2-3-8-9-6/h2-3,5H,4,7H2,1H3. The molecule has 2 N–H and O–H groups in total. The lowest BCUT2D eigenvalue weighted by atomic mass is 10.1. The van der Waals surface area contributed by atoms with Crippen LogP contribution in [-0.4, -0.2) is 11.7 Å². The van der Waals surface area contributed by atoms with E-state index < -0.39 is 0 Å². The maximum Gasteiger partial charge on any atom is 0.140 e. The Balaban J connectivity index is 2.65. The number of hydrogen-bond donors (Lipinski definition) is 1.